The Labute approximate surface area is 77.2 Å². The smallest absolute Gasteiger partial charge is 0.291 e. The third kappa shape index (κ3) is 1.43. The second-order valence-corrected chi connectivity index (χ2v) is 2.90. The molecule has 2 rings (SSSR count). The molecule has 0 unspecified atom stereocenters. The summed E-state index contributed by atoms with van der Waals surface area (Å²) in [5, 5.41) is 0. The fourth-order valence-corrected chi connectivity index (χ4v) is 1.10. The largest absolute Gasteiger partial charge is 0.434 e. The molecule has 0 spiro atoms. The van der Waals surface area contributed by atoms with Gasteiger partial charge in [-0.1, -0.05) is 0 Å². The average Bonchev–Trinajstić information content (AvgIpc) is 2.45. The van der Waals surface area contributed by atoms with Gasteiger partial charge in [0.2, 0.25) is 5.78 Å². The molecule has 0 aliphatic carbocycles. The molecule has 0 saturated heterocycles. The third-order valence-corrected chi connectivity index (χ3v) is 1.76. The van der Waals surface area contributed by atoms with Crippen LogP contribution in [-0.2, 0) is 6.18 Å². The number of alkyl halides is 3. The summed E-state index contributed by atoms with van der Waals surface area (Å²) in [6.07, 6.45) is -2.00. The van der Waals surface area contributed by atoms with Crippen LogP contribution in [0.4, 0.5) is 13.2 Å². The highest BCUT2D eigenvalue weighted by Crippen LogP contribution is 2.27. The Bertz CT molecular complexity index is 472. The first-order valence-corrected chi connectivity index (χ1v) is 3.86. The number of fused-ring (bicyclic) bond motifs is 1. The lowest BCUT2D eigenvalue weighted by Crippen LogP contribution is -2.04. The van der Waals surface area contributed by atoms with E-state index in [-0.39, 0.29) is 5.78 Å². The van der Waals surface area contributed by atoms with E-state index in [2.05, 4.69) is 9.97 Å². The van der Waals surface area contributed by atoms with Crippen LogP contribution in [0, 0.1) is 6.92 Å². The van der Waals surface area contributed by atoms with Gasteiger partial charge in [0, 0.05) is 18.1 Å². The van der Waals surface area contributed by atoms with E-state index in [0.29, 0.717) is 5.69 Å². The molecule has 14 heavy (non-hydrogen) atoms. The zero-order valence-corrected chi connectivity index (χ0v) is 7.21. The van der Waals surface area contributed by atoms with Crippen molar-refractivity contribution in [2.24, 2.45) is 0 Å². The molecule has 0 saturated carbocycles. The fraction of sp³-hybridized carbons (Fsp3) is 0.250. The highest BCUT2D eigenvalue weighted by atomic mass is 19.4. The molecule has 2 aromatic heterocycles. The molecule has 3 nitrogen and oxygen atoms in total. The van der Waals surface area contributed by atoms with Crippen LogP contribution in [0.3, 0.4) is 0 Å². The highest BCUT2D eigenvalue weighted by Gasteiger charge is 2.34. The molecule has 74 valence electrons. The maximum atomic E-state index is 12.2. The van der Waals surface area contributed by atoms with E-state index in [1.54, 1.807) is 13.0 Å². The zero-order chi connectivity index (χ0) is 10.3. The standard InChI is InChI=1S/C8H6F3N3/c1-5-2-3-14-4-6(8(9,10)11)13-7(14)12-5/h2-4H,1H3. The summed E-state index contributed by atoms with van der Waals surface area (Å²) in [5.74, 6) is 0.0670. The molecule has 0 N–H and O–H groups in total. The molecular weight excluding hydrogens is 195 g/mol. The Balaban J connectivity index is 2.63. The minimum absolute atomic E-state index is 0.0670. The monoisotopic (exact) mass is 201 g/mol. The number of aryl methyl sites for hydroxylation is 1. The van der Waals surface area contributed by atoms with Crippen LogP contribution in [0.15, 0.2) is 18.5 Å². The van der Waals surface area contributed by atoms with Crippen LogP contribution < -0.4 is 0 Å². The van der Waals surface area contributed by atoms with Crippen molar-refractivity contribution < 1.29 is 13.2 Å². The summed E-state index contributed by atoms with van der Waals surface area (Å²) in [7, 11) is 0. The number of halogens is 3. The van der Waals surface area contributed by atoms with Crippen molar-refractivity contribution in [2.45, 2.75) is 13.1 Å². The number of hydrogen-bond acceptors (Lipinski definition) is 2. The lowest BCUT2D eigenvalue weighted by atomic mass is 10.4. The Morgan fingerprint density at radius 1 is 1.29 bits per heavy atom. The first kappa shape index (κ1) is 8.98. The van der Waals surface area contributed by atoms with Gasteiger partial charge in [0.15, 0.2) is 5.69 Å². The Morgan fingerprint density at radius 3 is 2.64 bits per heavy atom. The second kappa shape index (κ2) is 2.70. The van der Waals surface area contributed by atoms with E-state index in [0.717, 1.165) is 6.20 Å². The van der Waals surface area contributed by atoms with Gasteiger partial charge in [0.05, 0.1) is 0 Å². The molecule has 0 bridgehead atoms. The van der Waals surface area contributed by atoms with Crippen molar-refractivity contribution in [3.05, 3.63) is 29.8 Å². The second-order valence-electron chi connectivity index (χ2n) is 2.90. The molecular formula is C8H6F3N3. The van der Waals surface area contributed by atoms with Crippen LogP contribution in [0.5, 0.6) is 0 Å². The summed E-state index contributed by atoms with van der Waals surface area (Å²) >= 11 is 0. The number of rotatable bonds is 0. The Kier molecular flexibility index (Phi) is 1.73. The van der Waals surface area contributed by atoms with Gasteiger partial charge in [-0.15, -0.1) is 0 Å². The summed E-state index contributed by atoms with van der Waals surface area (Å²) in [6.45, 7) is 1.70. The molecule has 0 aromatic carbocycles. The van der Waals surface area contributed by atoms with Gasteiger partial charge < -0.3 is 0 Å². The maximum absolute atomic E-state index is 12.2. The van der Waals surface area contributed by atoms with Crippen molar-refractivity contribution >= 4 is 5.78 Å². The van der Waals surface area contributed by atoms with Crippen molar-refractivity contribution in [3.8, 4) is 0 Å². The SMILES string of the molecule is Cc1ccn2cc(C(F)(F)F)nc2n1. The van der Waals surface area contributed by atoms with Crippen molar-refractivity contribution in [1.29, 1.82) is 0 Å². The van der Waals surface area contributed by atoms with E-state index in [1.807, 2.05) is 0 Å². The number of imidazole rings is 1. The maximum Gasteiger partial charge on any atom is 0.434 e. The molecule has 0 amide bonds. The zero-order valence-electron chi connectivity index (χ0n) is 7.21. The highest BCUT2D eigenvalue weighted by molar-refractivity contribution is 5.32. The first-order chi connectivity index (χ1) is 6.47. The molecule has 6 heteroatoms. The molecule has 0 radical (unpaired) electrons. The molecule has 0 atom stereocenters. The number of nitrogens with zero attached hydrogens (tertiary/aromatic N) is 3. The molecule has 0 fully saturated rings. The van der Waals surface area contributed by atoms with Gasteiger partial charge in [-0.25, -0.2) is 9.97 Å². The van der Waals surface area contributed by atoms with Crippen molar-refractivity contribution in [3.63, 3.8) is 0 Å². The number of hydrogen-bond donors (Lipinski definition) is 0. The molecule has 0 aliphatic rings. The van der Waals surface area contributed by atoms with Crippen molar-refractivity contribution in [1.82, 2.24) is 14.4 Å². The van der Waals surface area contributed by atoms with E-state index in [1.165, 1.54) is 10.6 Å². The van der Waals surface area contributed by atoms with Crippen LogP contribution in [-0.4, -0.2) is 14.4 Å². The van der Waals surface area contributed by atoms with Crippen LogP contribution in [0.2, 0.25) is 0 Å². The molecule has 0 aliphatic heterocycles. The quantitative estimate of drug-likeness (QED) is 0.653. The molecule has 2 heterocycles. The van der Waals surface area contributed by atoms with E-state index >= 15 is 0 Å². The summed E-state index contributed by atoms with van der Waals surface area (Å²) in [5.41, 5.74) is -0.285. The van der Waals surface area contributed by atoms with Crippen LogP contribution in [0.1, 0.15) is 11.4 Å². The minimum atomic E-state index is -4.42. The lowest BCUT2D eigenvalue weighted by molar-refractivity contribution is -0.140. The van der Waals surface area contributed by atoms with Gasteiger partial charge >= 0.3 is 6.18 Å². The lowest BCUT2D eigenvalue weighted by Gasteiger charge is -1.98. The first-order valence-electron chi connectivity index (χ1n) is 3.86. The topological polar surface area (TPSA) is 30.2 Å². The normalized spacial score (nSPS) is 12.3. The predicted octanol–water partition coefficient (Wildman–Crippen LogP) is 2.06. The van der Waals surface area contributed by atoms with Crippen LogP contribution >= 0.6 is 0 Å². The van der Waals surface area contributed by atoms with Gasteiger partial charge in [0.1, 0.15) is 0 Å². The summed E-state index contributed by atoms with van der Waals surface area (Å²) in [6, 6.07) is 1.62. The number of aromatic nitrogens is 3. The van der Waals surface area contributed by atoms with Crippen molar-refractivity contribution in [2.75, 3.05) is 0 Å². The molecule has 2 aromatic rings. The van der Waals surface area contributed by atoms with Gasteiger partial charge in [-0.3, -0.25) is 4.40 Å². The fourth-order valence-electron chi connectivity index (χ4n) is 1.10. The van der Waals surface area contributed by atoms with Gasteiger partial charge in [-0.2, -0.15) is 13.2 Å². The predicted molar refractivity (Wildman–Crippen MR) is 42.7 cm³/mol. The van der Waals surface area contributed by atoms with Crippen LogP contribution in [0.25, 0.3) is 5.78 Å². The minimum Gasteiger partial charge on any atom is -0.291 e. The summed E-state index contributed by atoms with van der Waals surface area (Å²) in [4.78, 5) is 7.23. The Morgan fingerprint density at radius 2 is 2.00 bits per heavy atom. The third-order valence-electron chi connectivity index (χ3n) is 1.76. The summed E-state index contributed by atoms with van der Waals surface area (Å²) < 4.78 is 37.9. The van der Waals surface area contributed by atoms with Gasteiger partial charge in [-0.05, 0) is 13.0 Å². The van der Waals surface area contributed by atoms with E-state index in [4.69, 9.17) is 0 Å². The van der Waals surface area contributed by atoms with E-state index in [9.17, 15) is 13.2 Å². The average molecular weight is 201 g/mol. The Hall–Kier alpha value is -1.59. The van der Waals surface area contributed by atoms with E-state index < -0.39 is 11.9 Å². The van der Waals surface area contributed by atoms with Gasteiger partial charge in [0.25, 0.3) is 0 Å².